The third kappa shape index (κ3) is 7.03. The van der Waals surface area contributed by atoms with Gasteiger partial charge in [0, 0.05) is 18.5 Å². The first-order valence-corrected chi connectivity index (χ1v) is 13.0. The standard InChI is InChI=1S/C28H39N5O3/c1-19-7-6-8-22(15-19)17-29-32-27-30-24-16-21(10-12-25(34)36-28(3,4)5)9-11-23(24)26(31-27)33-13-14-35-18-20(33)2/h6-8,15,17,20-21H,9-14,16,18H2,1-5H3,(H,30,31,32)/b29-17+/t20-,21?/m1/s1. The number of nitrogens with one attached hydrogen (secondary N) is 1. The van der Waals surface area contributed by atoms with Crippen molar-refractivity contribution in [3.05, 3.63) is 46.6 Å². The molecule has 0 radical (unpaired) electrons. The highest BCUT2D eigenvalue weighted by molar-refractivity contribution is 5.80. The van der Waals surface area contributed by atoms with Crippen molar-refractivity contribution in [1.82, 2.24) is 9.97 Å². The summed E-state index contributed by atoms with van der Waals surface area (Å²) >= 11 is 0. The number of carbonyl (C=O) groups is 1. The lowest BCUT2D eigenvalue weighted by Gasteiger charge is -2.37. The minimum Gasteiger partial charge on any atom is -0.460 e. The van der Waals surface area contributed by atoms with Gasteiger partial charge in [-0.15, -0.1) is 0 Å². The average molecular weight is 494 g/mol. The maximum Gasteiger partial charge on any atom is 0.306 e. The summed E-state index contributed by atoms with van der Waals surface area (Å²) in [6, 6.07) is 8.41. The monoisotopic (exact) mass is 493 g/mol. The number of hydrogen-bond acceptors (Lipinski definition) is 8. The molecule has 1 fully saturated rings. The minimum absolute atomic E-state index is 0.133. The average Bonchev–Trinajstić information content (AvgIpc) is 2.81. The van der Waals surface area contributed by atoms with Gasteiger partial charge < -0.3 is 14.4 Å². The molecule has 0 bridgehead atoms. The van der Waals surface area contributed by atoms with Gasteiger partial charge in [0.1, 0.15) is 11.4 Å². The van der Waals surface area contributed by atoms with Crippen LogP contribution in [0.4, 0.5) is 11.8 Å². The number of morpholine rings is 1. The number of ether oxygens (including phenoxy) is 2. The van der Waals surface area contributed by atoms with Crippen molar-refractivity contribution in [2.24, 2.45) is 11.0 Å². The molecule has 8 nitrogen and oxygen atoms in total. The lowest BCUT2D eigenvalue weighted by molar-refractivity contribution is -0.155. The second-order valence-electron chi connectivity index (χ2n) is 10.9. The van der Waals surface area contributed by atoms with Crippen LogP contribution in [0.25, 0.3) is 0 Å². The van der Waals surface area contributed by atoms with Crippen molar-refractivity contribution in [2.75, 3.05) is 30.1 Å². The number of aromatic nitrogens is 2. The minimum atomic E-state index is -0.452. The van der Waals surface area contributed by atoms with Crippen LogP contribution in [0.3, 0.4) is 0 Å². The Morgan fingerprint density at radius 2 is 2.17 bits per heavy atom. The molecular weight excluding hydrogens is 454 g/mol. The number of aryl methyl sites for hydroxylation is 1. The highest BCUT2D eigenvalue weighted by Crippen LogP contribution is 2.34. The summed E-state index contributed by atoms with van der Waals surface area (Å²) in [5.41, 5.74) is 7.08. The number of anilines is 2. The van der Waals surface area contributed by atoms with E-state index in [1.54, 1.807) is 6.21 Å². The molecule has 1 N–H and O–H groups in total. The lowest BCUT2D eigenvalue weighted by Crippen LogP contribution is -2.45. The smallest absolute Gasteiger partial charge is 0.306 e. The van der Waals surface area contributed by atoms with Crippen molar-refractivity contribution in [3.63, 3.8) is 0 Å². The van der Waals surface area contributed by atoms with E-state index in [2.05, 4.69) is 41.4 Å². The number of fused-ring (bicyclic) bond motifs is 1. The number of rotatable bonds is 7. The third-order valence-electron chi connectivity index (χ3n) is 6.59. The fourth-order valence-electron chi connectivity index (χ4n) is 4.87. The van der Waals surface area contributed by atoms with Gasteiger partial charge in [0.05, 0.1) is 31.2 Å². The highest BCUT2D eigenvalue weighted by Gasteiger charge is 2.30. The normalized spacial score (nSPS) is 20.3. The largest absolute Gasteiger partial charge is 0.460 e. The molecule has 4 rings (SSSR count). The van der Waals surface area contributed by atoms with Crippen molar-refractivity contribution >= 4 is 24.0 Å². The Labute approximate surface area is 214 Å². The maximum absolute atomic E-state index is 12.3. The van der Waals surface area contributed by atoms with Crippen LogP contribution in [0.1, 0.15) is 69.3 Å². The molecule has 2 heterocycles. The van der Waals surface area contributed by atoms with Crippen LogP contribution in [-0.4, -0.2) is 53.6 Å². The first kappa shape index (κ1) is 26.1. The highest BCUT2D eigenvalue weighted by atomic mass is 16.6. The SMILES string of the molecule is Cc1cccc(/C=N/Nc2nc3c(c(N4CCOC[C@H]4C)n2)CCC(CCC(=O)OC(C)(C)C)C3)c1. The molecule has 8 heteroatoms. The first-order valence-electron chi connectivity index (χ1n) is 13.0. The van der Waals surface area contributed by atoms with Gasteiger partial charge >= 0.3 is 5.97 Å². The van der Waals surface area contributed by atoms with E-state index in [0.717, 1.165) is 49.3 Å². The molecule has 1 aromatic heterocycles. The number of esters is 1. The van der Waals surface area contributed by atoms with E-state index in [1.807, 2.05) is 32.9 Å². The van der Waals surface area contributed by atoms with E-state index in [1.165, 1.54) is 11.1 Å². The summed E-state index contributed by atoms with van der Waals surface area (Å²) in [4.78, 5) is 24.4. The number of hydrazone groups is 1. The third-order valence-corrected chi connectivity index (χ3v) is 6.59. The molecule has 1 aliphatic heterocycles. The van der Waals surface area contributed by atoms with Crippen LogP contribution in [0.5, 0.6) is 0 Å². The van der Waals surface area contributed by atoms with Gasteiger partial charge in [0.2, 0.25) is 5.95 Å². The summed E-state index contributed by atoms with van der Waals surface area (Å²) in [5.74, 6) is 1.74. The number of carbonyl (C=O) groups excluding carboxylic acids is 1. The Morgan fingerprint density at radius 3 is 2.92 bits per heavy atom. The maximum atomic E-state index is 12.3. The van der Waals surface area contributed by atoms with Gasteiger partial charge in [-0.3, -0.25) is 4.79 Å². The molecule has 194 valence electrons. The molecule has 1 saturated heterocycles. The van der Waals surface area contributed by atoms with Crippen LogP contribution in [0.2, 0.25) is 0 Å². The van der Waals surface area contributed by atoms with Gasteiger partial charge in [-0.25, -0.2) is 10.4 Å². The second-order valence-corrected chi connectivity index (χ2v) is 10.9. The predicted molar refractivity (Wildman–Crippen MR) is 143 cm³/mol. The molecule has 2 atom stereocenters. The van der Waals surface area contributed by atoms with E-state index in [4.69, 9.17) is 19.4 Å². The topological polar surface area (TPSA) is 88.9 Å². The predicted octanol–water partition coefficient (Wildman–Crippen LogP) is 4.68. The molecule has 0 saturated carbocycles. The summed E-state index contributed by atoms with van der Waals surface area (Å²) in [6.45, 7) is 12.1. The van der Waals surface area contributed by atoms with E-state index in [9.17, 15) is 4.79 Å². The van der Waals surface area contributed by atoms with Crippen molar-refractivity contribution < 1.29 is 14.3 Å². The van der Waals surface area contributed by atoms with Crippen molar-refractivity contribution in [2.45, 2.75) is 78.4 Å². The van der Waals surface area contributed by atoms with Crippen molar-refractivity contribution in [1.29, 1.82) is 0 Å². The summed E-state index contributed by atoms with van der Waals surface area (Å²) in [5, 5.41) is 4.42. The number of nitrogens with zero attached hydrogens (tertiary/aromatic N) is 4. The Kier molecular flexibility index (Phi) is 8.24. The van der Waals surface area contributed by atoms with E-state index >= 15 is 0 Å². The summed E-state index contributed by atoms with van der Waals surface area (Å²) < 4.78 is 11.2. The molecule has 1 unspecified atom stereocenters. The van der Waals surface area contributed by atoms with E-state index in [0.29, 0.717) is 31.5 Å². The Hall–Kier alpha value is -3.00. The Balaban J connectivity index is 1.52. The number of benzene rings is 1. The van der Waals surface area contributed by atoms with Crippen molar-refractivity contribution in [3.8, 4) is 0 Å². The summed E-state index contributed by atoms with van der Waals surface area (Å²) in [7, 11) is 0. The van der Waals surface area contributed by atoms with Gasteiger partial charge in [-0.2, -0.15) is 10.1 Å². The van der Waals surface area contributed by atoms with Crippen LogP contribution < -0.4 is 10.3 Å². The van der Waals surface area contributed by atoms with Crippen LogP contribution in [0, 0.1) is 12.8 Å². The Morgan fingerprint density at radius 1 is 1.33 bits per heavy atom. The molecular formula is C28H39N5O3. The van der Waals surface area contributed by atoms with E-state index < -0.39 is 5.60 Å². The van der Waals surface area contributed by atoms with Gasteiger partial charge in [0.25, 0.3) is 0 Å². The molecule has 0 spiro atoms. The molecule has 36 heavy (non-hydrogen) atoms. The zero-order valence-electron chi connectivity index (χ0n) is 22.2. The molecule has 2 aromatic rings. The molecule has 1 aromatic carbocycles. The van der Waals surface area contributed by atoms with Gasteiger partial charge in [-0.05, 0) is 71.8 Å². The van der Waals surface area contributed by atoms with Crippen LogP contribution in [-0.2, 0) is 27.1 Å². The Bertz CT molecular complexity index is 1100. The molecule has 1 aliphatic carbocycles. The van der Waals surface area contributed by atoms with Gasteiger partial charge in [-0.1, -0.05) is 29.8 Å². The fourth-order valence-corrected chi connectivity index (χ4v) is 4.87. The van der Waals surface area contributed by atoms with Gasteiger partial charge in [0.15, 0.2) is 0 Å². The second kappa shape index (κ2) is 11.4. The molecule has 0 amide bonds. The summed E-state index contributed by atoms with van der Waals surface area (Å²) in [6.07, 6.45) is 5.76. The first-order chi connectivity index (χ1) is 17.2. The zero-order chi connectivity index (χ0) is 25.7. The number of hydrogen-bond donors (Lipinski definition) is 1. The van der Waals surface area contributed by atoms with E-state index in [-0.39, 0.29) is 12.0 Å². The molecule has 2 aliphatic rings. The fraction of sp³-hybridized carbons (Fsp3) is 0.571. The quantitative estimate of drug-likeness (QED) is 0.340. The van der Waals surface area contributed by atoms with Crippen LogP contribution in [0.15, 0.2) is 29.4 Å². The zero-order valence-corrected chi connectivity index (χ0v) is 22.2. The lowest BCUT2D eigenvalue weighted by atomic mass is 9.84. The van der Waals surface area contributed by atoms with Crippen LogP contribution >= 0.6 is 0 Å².